The molecular weight excluding hydrogens is 311 g/mol. The molecule has 6 heteroatoms. The largest absolute Gasteiger partial charge is 0.494 e. The van der Waals surface area contributed by atoms with Crippen LogP contribution in [0.25, 0.3) is 0 Å². The van der Waals surface area contributed by atoms with Gasteiger partial charge in [0.1, 0.15) is 5.60 Å². The first-order valence-electron chi connectivity index (χ1n) is 8.34. The molecule has 0 aliphatic carbocycles. The first-order chi connectivity index (χ1) is 11.3. The van der Waals surface area contributed by atoms with Crippen molar-refractivity contribution in [3.63, 3.8) is 0 Å². The van der Waals surface area contributed by atoms with E-state index in [0.29, 0.717) is 19.0 Å². The Morgan fingerprint density at radius 3 is 2.58 bits per heavy atom. The van der Waals surface area contributed by atoms with Crippen LogP contribution in [0, 0.1) is 11.7 Å². The summed E-state index contributed by atoms with van der Waals surface area (Å²) in [7, 11) is 1.45. The van der Waals surface area contributed by atoms with E-state index in [1.165, 1.54) is 13.2 Å². The number of methoxy groups -OCH3 is 1. The van der Waals surface area contributed by atoms with Gasteiger partial charge >= 0.3 is 6.09 Å². The number of benzene rings is 1. The van der Waals surface area contributed by atoms with Gasteiger partial charge in [-0.3, -0.25) is 0 Å². The van der Waals surface area contributed by atoms with Gasteiger partial charge in [-0.25, -0.2) is 9.18 Å². The fraction of sp³-hybridized carbons (Fsp3) is 0.611. The molecule has 1 aliphatic heterocycles. The van der Waals surface area contributed by atoms with Gasteiger partial charge < -0.3 is 19.7 Å². The predicted octanol–water partition coefficient (Wildman–Crippen LogP) is 3.89. The summed E-state index contributed by atoms with van der Waals surface area (Å²) in [4.78, 5) is 13.8. The van der Waals surface area contributed by atoms with Crippen molar-refractivity contribution >= 4 is 11.8 Å². The van der Waals surface area contributed by atoms with Gasteiger partial charge in [0.2, 0.25) is 0 Å². The van der Waals surface area contributed by atoms with Crippen LogP contribution in [-0.4, -0.2) is 43.3 Å². The summed E-state index contributed by atoms with van der Waals surface area (Å²) in [6.07, 6.45) is 1.60. The van der Waals surface area contributed by atoms with E-state index in [-0.39, 0.29) is 17.7 Å². The Kier molecular flexibility index (Phi) is 5.91. The highest BCUT2D eigenvalue weighted by Gasteiger charge is 2.26. The molecule has 1 saturated heterocycles. The lowest BCUT2D eigenvalue weighted by Crippen LogP contribution is -2.42. The molecule has 24 heavy (non-hydrogen) atoms. The minimum Gasteiger partial charge on any atom is -0.494 e. The van der Waals surface area contributed by atoms with Gasteiger partial charge in [-0.15, -0.1) is 0 Å². The van der Waals surface area contributed by atoms with Crippen LogP contribution in [0.3, 0.4) is 0 Å². The SMILES string of the molecule is COc1cc(NCC2CCN(C(=O)OC(C)(C)C)CC2)ccc1F. The highest BCUT2D eigenvalue weighted by Crippen LogP contribution is 2.24. The zero-order valence-corrected chi connectivity index (χ0v) is 14.9. The van der Waals surface area contributed by atoms with Crippen LogP contribution in [0.4, 0.5) is 14.9 Å². The van der Waals surface area contributed by atoms with Crippen molar-refractivity contribution in [3.05, 3.63) is 24.0 Å². The van der Waals surface area contributed by atoms with E-state index in [1.54, 1.807) is 17.0 Å². The molecule has 1 aromatic carbocycles. The number of ether oxygens (including phenoxy) is 2. The standard InChI is InChI=1S/C18H27FN2O3/c1-18(2,3)24-17(22)21-9-7-13(8-10-21)12-20-14-5-6-15(19)16(11-14)23-4/h5-6,11,13,20H,7-10,12H2,1-4H3. The number of hydrogen-bond donors (Lipinski definition) is 1. The maximum atomic E-state index is 13.4. The lowest BCUT2D eigenvalue weighted by atomic mass is 9.97. The lowest BCUT2D eigenvalue weighted by molar-refractivity contribution is 0.0188. The topological polar surface area (TPSA) is 50.8 Å². The molecule has 0 spiro atoms. The summed E-state index contributed by atoms with van der Waals surface area (Å²) in [6, 6.07) is 4.76. The maximum Gasteiger partial charge on any atom is 0.410 e. The van der Waals surface area contributed by atoms with Crippen LogP contribution in [0.1, 0.15) is 33.6 Å². The number of nitrogens with zero attached hydrogens (tertiary/aromatic N) is 1. The van der Waals surface area contributed by atoms with Crippen LogP contribution >= 0.6 is 0 Å². The molecule has 1 aromatic rings. The number of likely N-dealkylation sites (tertiary alicyclic amines) is 1. The average molecular weight is 338 g/mol. The Hall–Kier alpha value is -1.98. The van der Waals surface area contributed by atoms with Crippen molar-refractivity contribution in [2.45, 2.75) is 39.2 Å². The Morgan fingerprint density at radius 2 is 2.00 bits per heavy atom. The van der Waals surface area contributed by atoms with Crippen molar-refractivity contribution in [1.29, 1.82) is 0 Å². The summed E-state index contributed by atoms with van der Waals surface area (Å²) in [5, 5.41) is 3.32. The molecule has 0 atom stereocenters. The lowest BCUT2D eigenvalue weighted by Gasteiger charge is -2.33. The summed E-state index contributed by atoms with van der Waals surface area (Å²) < 4.78 is 23.8. The van der Waals surface area contributed by atoms with Crippen molar-refractivity contribution < 1.29 is 18.7 Å². The molecule has 1 aliphatic rings. The van der Waals surface area contributed by atoms with Gasteiger partial charge in [-0.2, -0.15) is 0 Å². The van der Waals surface area contributed by atoms with E-state index < -0.39 is 5.60 Å². The van der Waals surface area contributed by atoms with Crippen LogP contribution in [0.15, 0.2) is 18.2 Å². The number of rotatable bonds is 4. The zero-order chi connectivity index (χ0) is 17.7. The molecule has 0 aromatic heterocycles. The zero-order valence-electron chi connectivity index (χ0n) is 14.9. The smallest absolute Gasteiger partial charge is 0.410 e. The quantitative estimate of drug-likeness (QED) is 0.905. The number of piperidine rings is 1. The van der Waals surface area contributed by atoms with Gasteiger partial charge in [-0.1, -0.05) is 0 Å². The first kappa shape index (κ1) is 18.4. The molecule has 134 valence electrons. The minimum absolute atomic E-state index is 0.236. The third-order valence-electron chi connectivity index (χ3n) is 4.01. The molecule has 0 radical (unpaired) electrons. The normalized spacial score (nSPS) is 16.0. The number of halogens is 1. The number of nitrogens with one attached hydrogen (secondary N) is 1. The van der Waals surface area contributed by atoms with E-state index >= 15 is 0 Å². The van der Waals surface area contributed by atoms with E-state index in [2.05, 4.69) is 5.32 Å². The monoisotopic (exact) mass is 338 g/mol. The molecule has 0 bridgehead atoms. The van der Waals surface area contributed by atoms with E-state index in [4.69, 9.17) is 9.47 Å². The Bertz CT molecular complexity index is 564. The fourth-order valence-corrected chi connectivity index (χ4v) is 2.68. The molecule has 1 N–H and O–H groups in total. The Morgan fingerprint density at radius 1 is 1.33 bits per heavy atom. The van der Waals surface area contributed by atoms with Crippen molar-refractivity contribution in [1.82, 2.24) is 4.90 Å². The Labute approximate surface area is 143 Å². The van der Waals surface area contributed by atoms with Gasteiger partial charge in [0, 0.05) is 31.4 Å². The second-order valence-electron chi connectivity index (χ2n) is 7.14. The molecule has 1 heterocycles. The van der Waals surface area contributed by atoms with Crippen LogP contribution in [-0.2, 0) is 4.74 Å². The molecule has 2 rings (SSSR count). The number of carbonyl (C=O) groups excluding carboxylic acids is 1. The van der Waals surface area contributed by atoms with E-state index in [0.717, 1.165) is 25.1 Å². The Balaban J connectivity index is 1.78. The average Bonchev–Trinajstić information content (AvgIpc) is 2.53. The highest BCUT2D eigenvalue weighted by molar-refractivity contribution is 5.68. The summed E-state index contributed by atoms with van der Waals surface area (Å²) >= 11 is 0. The van der Waals surface area contributed by atoms with Crippen molar-refractivity contribution in [3.8, 4) is 5.75 Å². The maximum absolute atomic E-state index is 13.4. The molecule has 1 fully saturated rings. The van der Waals surface area contributed by atoms with Gasteiger partial charge in [0.15, 0.2) is 11.6 Å². The van der Waals surface area contributed by atoms with Gasteiger partial charge in [0.05, 0.1) is 7.11 Å². The third-order valence-corrected chi connectivity index (χ3v) is 4.01. The summed E-state index contributed by atoms with van der Waals surface area (Å²) in [5.74, 6) is 0.341. The van der Waals surface area contributed by atoms with Crippen LogP contribution < -0.4 is 10.1 Å². The molecule has 5 nitrogen and oxygen atoms in total. The highest BCUT2D eigenvalue weighted by atomic mass is 19.1. The number of anilines is 1. The summed E-state index contributed by atoms with van der Waals surface area (Å²) in [6.45, 7) is 7.81. The van der Waals surface area contributed by atoms with Gasteiger partial charge in [0.25, 0.3) is 0 Å². The molecule has 1 amide bonds. The predicted molar refractivity (Wildman–Crippen MR) is 92.0 cm³/mol. The van der Waals surface area contributed by atoms with Gasteiger partial charge in [-0.05, 0) is 51.7 Å². The number of carbonyl (C=O) groups is 1. The van der Waals surface area contributed by atoms with Crippen molar-refractivity contribution in [2.75, 3.05) is 32.1 Å². The molecule has 0 saturated carbocycles. The minimum atomic E-state index is -0.461. The van der Waals surface area contributed by atoms with Crippen LogP contribution in [0.2, 0.25) is 0 Å². The molecular formula is C18H27FN2O3. The number of hydrogen-bond acceptors (Lipinski definition) is 4. The van der Waals surface area contributed by atoms with Crippen molar-refractivity contribution in [2.24, 2.45) is 5.92 Å². The first-order valence-corrected chi connectivity index (χ1v) is 8.34. The fourth-order valence-electron chi connectivity index (χ4n) is 2.68. The third kappa shape index (κ3) is 5.28. The van der Waals surface area contributed by atoms with Crippen LogP contribution in [0.5, 0.6) is 5.75 Å². The summed E-state index contributed by atoms with van der Waals surface area (Å²) in [5.41, 5.74) is 0.375. The second kappa shape index (κ2) is 7.73. The number of amides is 1. The molecule has 0 unspecified atom stereocenters. The second-order valence-corrected chi connectivity index (χ2v) is 7.14. The van der Waals surface area contributed by atoms with E-state index in [1.807, 2.05) is 20.8 Å². The van der Waals surface area contributed by atoms with E-state index in [9.17, 15) is 9.18 Å².